The normalized spacial score (nSPS) is 19.6. The molecule has 1 atom stereocenters. The standard InChI is InChI=1S/C15H19F3N2O3/c1-14(2,3)23-13(21)20-6-7-22-9-12(20)11-5-4-10(8-19-11)15(16,17)18/h4-5,8,12H,6-7,9H2,1-3H3. The van der Waals surface area contributed by atoms with Crippen molar-refractivity contribution in [2.24, 2.45) is 0 Å². The fraction of sp³-hybridized carbons (Fsp3) is 0.600. The summed E-state index contributed by atoms with van der Waals surface area (Å²) in [6.45, 7) is 6.04. The fourth-order valence-corrected chi connectivity index (χ4v) is 2.16. The van der Waals surface area contributed by atoms with Gasteiger partial charge in [0, 0.05) is 12.7 Å². The summed E-state index contributed by atoms with van der Waals surface area (Å²) in [5.41, 5.74) is -1.15. The minimum absolute atomic E-state index is 0.164. The van der Waals surface area contributed by atoms with Crippen LogP contribution in [-0.4, -0.2) is 41.3 Å². The average molecular weight is 332 g/mol. The number of ether oxygens (including phenoxy) is 2. The second kappa shape index (κ2) is 6.35. The Hall–Kier alpha value is -1.83. The molecule has 1 unspecified atom stereocenters. The predicted octanol–water partition coefficient (Wildman–Crippen LogP) is 3.41. The van der Waals surface area contributed by atoms with Gasteiger partial charge in [0.15, 0.2) is 0 Å². The van der Waals surface area contributed by atoms with Crippen LogP contribution in [0.1, 0.15) is 38.1 Å². The molecule has 0 aromatic carbocycles. The molecule has 0 N–H and O–H groups in total. The molecule has 0 saturated carbocycles. The topological polar surface area (TPSA) is 51.7 Å². The number of alkyl halides is 3. The zero-order chi connectivity index (χ0) is 17.3. The Labute approximate surface area is 132 Å². The highest BCUT2D eigenvalue weighted by molar-refractivity contribution is 5.69. The molecule has 1 aromatic heterocycles. The summed E-state index contributed by atoms with van der Waals surface area (Å²) in [5.74, 6) is 0. The summed E-state index contributed by atoms with van der Waals surface area (Å²) < 4.78 is 48.5. The van der Waals surface area contributed by atoms with Crippen molar-refractivity contribution in [3.8, 4) is 0 Å². The Balaban J connectivity index is 2.19. The van der Waals surface area contributed by atoms with Gasteiger partial charge in [0.2, 0.25) is 0 Å². The van der Waals surface area contributed by atoms with Gasteiger partial charge >= 0.3 is 12.3 Å². The van der Waals surface area contributed by atoms with Gasteiger partial charge in [-0.15, -0.1) is 0 Å². The van der Waals surface area contributed by atoms with Crippen molar-refractivity contribution in [2.45, 2.75) is 38.6 Å². The second-order valence-corrected chi connectivity index (χ2v) is 6.23. The molecule has 8 heteroatoms. The van der Waals surface area contributed by atoms with E-state index >= 15 is 0 Å². The van der Waals surface area contributed by atoms with E-state index in [1.54, 1.807) is 20.8 Å². The first kappa shape index (κ1) is 17.5. The van der Waals surface area contributed by atoms with Crippen LogP contribution in [0.5, 0.6) is 0 Å². The molecule has 1 aliphatic heterocycles. The monoisotopic (exact) mass is 332 g/mol. The number of nitrogens with zero attached hydrogens (tertiary/aromatic N) is 2. The molecule has 1 saturated heterocycles. The van der Waals surface area contributed by atoms with Gasteiger partial charge in [0.05, 0.1) is 24.5 Å². The first-order valence-corrected chi connectivity index (χ1v) is 7.18. The van der Waals surface area contributed by atoms with Crippen LogP contribution in [0.25, 0.3) is 0 Å². The molecule has 0 bridgehead atoms. The van der Waals surface area contributed by atoms with Crippen LogP contribution in [-0.2, 0) is 15.7 Å². The van der Waals surface area contributed by atoms with E-state index in [0.717, 1.165) is 12.3 Å². The maximum absolute atomic E-state index is 12.6. The van der Waals surface area contributed by atoms with E-state index in [1.165, 1.54) is 11.0 Å². The third-order valence-electron chi connectivity index (χ3n) is 3.21. The lowest BCUT2D eigenvalue weighted by molar-refractivity contribution is -0.137. The molecule has 1 aliphatic rings. The van der Waals surface area contributed by atoms with Gasteiger partial charge in [-0.1, -0.05) is 0 Å². The SMILES string of the molecule is CC(C)(C)OC(=O)N1CCOCC1c1ccc(C(F)(F)F)cn1. The summed E-state index contributed by atoms with van der Waals surface area (Å²) >= 11 is 0. The highest BCUT2D eigenvalue weighted by atomic mass is 19.4. The molecule has 23 heavy (non-hydrogen) atoms. The Kier molecular flexibility index (Phi) is 4.84. The third-order valence-corrected chi connectivity index (χ3v) is 3.21. The lowest BCUT2D eigenvalue weighted by atomic mass is 10.1. The van der Waals surface area contributed by atoms with Crippen molar-refractivity contribution < 1.29 is 27.4 Å². The molecular formula is C15H19F3N2O3. The van der Waals surface area contributed by atoms with Crippen LogP contribution in [0, 0.1) is 0 Å². The molecule has 1 fully saturated rings. The average Bonchev–Trinajstić information content (AvgIpc) is 2.45. The molecule has 2 heterocycles. The lowest BCUT2D eigenvalue weighted by Crippen LogP contribution is -2.46. The minimum atomic E-state index is -4.44. The highest BCUT2D eigenvalue weighted by Gasteiger charge is 2.34. The number of rotatable bonds is 1. The van der Waals surface area contributed by atoms with Crippen molar-refractivity contribution >= 4 is 6.09 Å². The van der Waals surface area contributed by atoms with Crippen LogP contribution in [0.15, 0.2) is 18.3 Å². The molecule has 1 amide bonds. The van der Waals surface area contributed by atoms with Crippen molar-refractivity contribution in [3.63, 3.8) is 0 Å². The fourth-order valence-electron chi connectivity index (χ4n) is 2.16. The maximum Gasteiger partial charge on any atom is 0.417 e. The Morgan fingerprint density at radius 3 is 2.57 bits per heavy atom. The van der Waals surface area contributed by atoms with E-state index in [9.17, 15) is 18.0 Å². The number of hydrogen-bond acceptors (Lipinski definition) is 4. The number of pyridine rings is 1. The van der Waals surface area contributed by atoms with Crippen molar-refractivity contribution in [2.75, 3.05) is 19.8 Å². The number of morpholine rings is 1. The van der Waals surface area contributed by atoms with E-state index in [0.29, 0.717) is 18.8 Å². The number of halogens is 3. The predicted molar refractivity (Wildman–Crippen MR) is 75.7 cm³/mol. The van der Waals surface area contributed by atoms with E-state index < -0.39 is 29.5 Å². The molecule has 0 spiro atoms. The summed E-state index contributed by atoms with van der Waals surface area (Å²) in [6, 6.07) is 1.64. The van der Waals surface area contributed by atoms with E-state index in [-0.39, 0.29) is 6.61 Å². The van der Waals surface area contributed by atoms with Gasteiger partial charge in [-0.2, -0.15) is 13.2 Å². The number of carbonyl (C=O) groups excluding carboxylic acids is 1. The van der Waals surface area contributed by atoms with Crippen molar-refractivity contribution in [1.82, 2.24) is 9.88 Å². The van der Waals surface area contributed by atoms with Crippen LogP contribution in [0.4, 0.5) is 18.0 Å². The third kappa shape index (κ3) is 4.57. The Morgan fingerprint density at radius 2 is 2.04 bits per heavy atom. The summed E-state index contributed by atoms with van der Waals surface area (Å²) in [5, 5.41) is 0. The van der Waals surface area contributed by atoms with Crippen LogP contribution in [0.3, 0.4) is 0 Å². The first-order chi connectivity index (χ1) is 10.6. The van der Waals surface area contributed by atoms with Crippen LogP contribution in [0.2, 0.25) is 0 Å². The summed E-state index contributed by atoms with van der Waals surface area (Å²) in [7, 11) is 0. The number of amides is 1. The summed E-state index contributed by atoms with van der Waals surface area (Å²) in [4.78, 5) is 17.5. The minimum Gasteiger partial charge on any atom is -0.444 e. The van der Waals surface area contributed by atoms with Gasteiger partial charge < -0.3 is 9.47 Å². The smallest absolute Gasteiger partial charge is 0.417 e. The second-order valence-electron chi connectivity index (χ2n) is 6.23. The molecular weight excluding hydrogens is 313 g/mol. The van der Waals surface area contributed by atoms with Gasteiger partial charge in [-0.05, 0) is 32.9 Å². The quantitative estimate of drug-likeness (QED) is 0.791. The number of hydrogen-bond donors (Lipinski definition) is 0. The van der Waals surface area contributed by atoms with Gasteiger partial charge in [0.25, 0.3) is 0 Å². The molecule has 0 aliphatic carbocycles. The van der Waals surface area contributed by atoms with Gasteiger partial charge in [-0.25, -0.2) is 4.79 Å². The van der Waals surface area contributed by atoms with Crippen LogP contribution < -0.4 is 0 Å². The molecule has 128 valence electrons. The van der Waals surface area contributed by atoms with Crippen LogP contribution >= 0.6 is 0 Å². The lowest BCUT2D eigenvalue weighted by Gasteiger charge is -2.36. The Bertz CT molecular complexity index is 553. The first-order valence-electron chi connectivity index (χ1n) is 7.18. The highest BCUT2D eigenvalue weighted by Crippen LogP contribution is 2.30. The number of aromatic nitrogens is 1. The van der Waals surface area contributed by atoms with Gasteiger partial charge in [0.1, 0.15) is 11.6 Å². The summed E-state index contributed by atoms with van der Waals surface area (Å²) in [6.07, 6.45) is -4.22. The Morgan fingerprint density at radius 1 is 1.35 bits per heavy atom. The molecule has 0 radical (unpaired) electrons. The van der Waals surface area contributed by atoms with Crippen molar-refractivity contribution in [3.05, 3.63) is 29.6 Å². The molecule has 1 aromatic rings. The van der Waals surface area contributed by atoms with Crippen molar-refractivity contribution in [1.29, 1.82) is 0 Å². The largest absolute Gasteiger partial charge is 0.444 e. The zero-order valence-corrected chi connectivity index (χ0v) is 13.2. The van der Waals surface area contributed by atoms with E-state index in [2.05, 4.69) is 4.98 Å². The van der Waals surface area contributed by atoms with E-state index in [1.807, 2.05) is 0 Å². The zero-order valence-electron chi connectivity index (χ0n) is 13.2. The van der Waals surface area contributed by atoms with Gasteiger partial charge in [-0.3, -0.25) is 9.88 Å². The number of carbonyl (C=O) groups is 1. The molecule has 2 rings (SSSR count). The van der Waals surface area contributed by atoms with E-state index in [4.69, 9.17) is 9.47 Å². The maximum atomic E-state index is 12.6. The molecule has 5 nitrogen and oxygen atoms in total.